The Bertz CT molecular complexity index is 347. The molecule has 4 heteroatoms. The second-order valence-corrected chi connectivity index (χ2v) is 2.85. The highest BCUT2D eigenvalue weighted by molar-refractivity contribution is 5.29. The molecule has 0 saturated heterocycles. The number of halogens is 3. The highest BCUT2D eigenvalue weighted by atomic mass is 19.3. The molecule has 0 radical (unpaired) electrons. The molecule has 0 spiro atoms. The van der Waals surface area contributed by atoms with Crippen LogP contribution in [0.2, 0.25) is 0 Å². The van der Waals surface area contributed by atoms with E-state index < -0.39 is 17.3 Å². The van der Waals surface area contributed by atoms with E-state index >= 15 is 0 Å². The van der Waals surface area contributed by atoms with Gasteiger partial charge in [-0.25, -0.2) is 4.39 Å². The van der Waals surface area contributed by atoms with Crippen LogP contribution in [0.1, 0.15) is 11.1 Å². The molecule has 0 heterocycles. The van der Waals surface area contributed by atoms with E-state index in [1.807, 2.05) is 0 Å². The standard InChI is InChI=1S/C10H10F3N/c1-2-10(12,13)8-4-3-7(6-14)5-9(8)11/h2-5H,1,6,14H2. The number of rotatable bonds is 3. The summed E-state index contributed by atoms with van der Waals surface area (Å²) in [5.41, 5.74) is 5.04. The number of alkyl halides is 2. The van der Waals surface area contributed by atoms with Crippen molar-refractivity contribution in [3.05, 3.63) is 47.8 Å². The molecular weight excluding hydrogens is 191 g/mol. The summed E-state index contributed by atoms with van der Waals surface area (Å²) in [6.45, 7) is 3.07. The molecule has 0 amide bonds. The summed E-state index contributed by atoms with van der Waals surface area (Å²) in [5, 5.41) is 0. The lowest BCUT2D eigenvalue weighted by Crippen LogP contribution is -2.12. The van der Waals surface area contributed by atoms with Crippen molar-refractivity contribution >= 4 is 0 Å². The zero-order valence-electron chi connectivity index (χ0n) is 7.43. The lowest BCUT2D eigenvalue weighted by Gasteiger charge is -2.12. The summed E-state index contributed by atoms with van der Waals surface area (Å²) < 4.78 is 39.1. The molecule has 0 aliphatic carbocycles. The van der Waals surface area contributed by atoms with Gasteiger partial charge in [0.25, 0.3) is 5.92 Å². The zero-order chi connectivity index (χ0) is 10.8. The minimum atomic E-state index is -3.34. The monoisotopic (exact) mass is 201 g/mol. The number of hydrogen-bond donors (Lipinski definition) is 1. The van der Waals surface area contributed by atoms with Gasteiger partial charge in [-0.05, 0) is 23.8 Å². The number of allylic oxidation sites excluding steroid dienone is 1. The first-order chi connectivity index (χ1) is 6.51. The van der Waals surface area contributed by atoms with E-state index in [1.165, 1.54) is 6.07 Å². The van der Waals surface area contributed by atoms with Crippen molar-refractivity contribution in [1.29, 1.82) is 0 Å². The topological polar surface area (TPSA) is 26.0 Å². The van der Waals surface area contributed by atoms with Gasteiger partial charge in [-0.15, -0.1) is 0 Å². The van der Waals surface area contributed by atoms with Gasteiger partial charge in [0, 0.05) is 6.54 Å². The predicted molar refractivity (Wildman–Crippen MR) is 48.4 cm³/mol. The molecule has 0 fully saturated rings. The fourth-order valence-corrected chi connectivity index (χ4v) is 1.07. The average Bonchev–Trinajstić information content (AvgIpc) is 2.17. The van der Waals surface area contributed by atoms with Crippen LogP contribution in [0.4, 0.5) is 13.2 Å². The molecule has 1 aromatic carbocycles. The summed E-state index contributed by atoms with van der Waals surface area (Å²) in [7, 11) is 0. The van der Waals surface area contributed by atoms with E-state index in [0.717, 1.165) is 12.1 Å². The Morgan fingerprint density at radius 2 is 2.07 bits per heavy atom. The SMILES string of the molecule is C=CC(F)(F)c1ccc(CN)cc1F. The van der Waals surface area contributed by atoms with E-state index in [-0.39, 0.29) is 6.54 Å². The highest BCUT2D eigenvalue weighted by Crippen LogP contribution is 2.31. The van der Waals surface area contributed by atoms with Gasteiger partial charge in [0.2, 0.25) is 0 Å². The van der Waals surface area contributed by atoms with Crippen LogP contribution in [-0.2, 0) is 12.5 Å². The van der Waals surface area contributed by atoms with E-state index in [0.29, 0.717) is 11.6 Å². The Labute approximate surface area is 80.0 Å². The predicted octanol–water partition coefficient (Wildman–Crippen LogP) is 2.56. The molecule has 1 nitrogen and oxygen atoms in total. The third-order valence-corrected chi connectivity index (χ3v) is 1.88. The van der Waals surface area contributed by atoms with Crippen LogP contribution in [-0.4, -0.2) is 0 Å². The van der Waals surface area contributed by atoms with Gasteiger partial charge in [0.05, 0.1) is 5.56 Å². The number of hydrogen-bond acceptors (Lipinski definition) is 1. The Hall–Kier alpha value is -1.29. The summed E-state index contributed by atoms with van der Waals surface area (Å²) in [6.07, 6.45) is 0.410. The van der Waals surface area contributed by atoms with Crippen molar-refractivity contribution in [2.45, 2.75) is 12.5 Å². The normalized spacial score (nSPS) is 11.4. The lowest BCUT2D eigenvalue weighted by atomic mass is 10.1. The summed E-state index contributed by atoms with van der Waals surface area (Å²) in [6, 6.07) is 3.40. The quantitative estimate of drug-likeness (QED) is 0.747. The number of nitrogens with two attached hydrogens (primary N) is 1. The molecule has 1 aromatic rings. The van der Waals surface area contributed by atoms with E-state index in [4.69, 9.17) is 5.73 Å². The van der Waals surface area contributed by atoms with E-state index in [2.05, 4.69) is 6.58 Å². The first-order valence-electron chi connectivity index (χ1n) is 4.01. The fraction of sp³-hybridized carbons (Fsp3) is 0.200. The van der Waals surface area contributed by atoms with Crippen LogP contribution in [0.3, 0.4) is 0 Å². The highest BCUT2D eigenvalue weighted by Gasteiger charge is 2.30. The van der Waals surface area contributed by atoms with Crippen LogP contribution in [0, 0.1) is 5.82 Å². The van der Waals surface area contributed by atoms with Gasteiger partial charge in [-0.1, -0.05) is 12.6 Å². The van der Waals surface area contributed by atoms with Gasteiger partial charge >= 0.3 is 0 Å². The third-order valence-electron chi connectivity index (χ3n) is 1.88. The maximum atomic E-state index is 13.1. The number of benzene rings is 1. The molecule has 14 heavy (non-hydrogen) atoms. The van der Waals surface area contributed by atoms with Crippen molar-refractivity contribution in [3.8, 4) is 0 Å². The Kier molecular flexibility index (Phi) is 2.96. The van der Waals surface area contributed by atoms with Crippen molar-refractivity contribution in [2.75, 3.05) is 0 Å². The average molecular weight is 201 g/mol. The Balaban J connectivity index is 3.18. The molecule has 0 bridgehead atoms. The van der Waals surface area contributed by atoms with E-state index in [9.17, 15) is 13.2 Å². The molecule has 0 aromatic heterocycles. The van der Waals surface area contributed by atoms with E-state index in [1.54, 1.807) is 0 Å². The fourth-order valence-electron chi connectivity index (χ4n) is 1.07. The first-order valence-corrected chi connectivity index (χ1v) is 4.01. The Morgan fingerprint density at radius 3 is 2.50 bits per heavy atom. The largest absolute Gasteiger partial charge is 0.326 e. The Morgan fingerprint density at radius 1 is 1.43 bits per heavy atom. The second kappa shape index (κ2) is 3.84. The summed E-state index contributed by atoms with van der Waals surface area (Å²) in [4.78, 5) is 0. The van der Waals surface area contributed by atoms with Gasteiger partial charge in [0.1, 0.15) is 5.82 Å². The first kappa shape index (κ1) is 10.8. The molecule has 0 saturated carbocycles. The van der Waals surface area contributed by atoms with Gasteiger partial charge in [-0.3, -0.25) is 0 Å². The molecule has 0 atom stereocenters. The molecule has 0 aliphatic rings. The van der Waals surface area contributed by atoms with Crippen molar-refractivity contribution in [1.82, 2.24) is 0 Å². The van der Waals surface area contributed by atoms with Gasteiger partial charge in [-0.2, -0.15) is 8.78 Å². The minimum Gasteiger partial charge on any atom is -0.326 e. The minimum absolute atomic E-state index is 0.122. The van der Waals surface area contributed by atoms with Gasteiger partial charge in [0.15, 0.2) is 0 Å². The van der Waals surface area contributed by atoms with Crippen molar-refractivity contribution in [3.63, 3.8) is 0 Å². The maximum absolute atomic E-state index is 13.1. The molecular formula is C10H10F3N. The molecule has 1 rings (SSSR count). The summed E-state index contributed by atoms with van der Waals surface area (Å²) in [5.74, 6) is -4.30. The molecule has 76 valence electrons. The third kappa shape index (κ3) is 1.96. The zero-order valence-corrected chi connectivity index (χ0v) is 7.43. The molecule has 2 N–H and O–H groups in total. The maximum Gasteiger partial charge on any atom is 0.294 e. The van der Waals surface area contributed by atoms with Crippen molar-refractivity contribution < 1.29 is 13.2 Å². The summed E-state index contributed by atoms with van der Waals surface area (Å²) >= 11 is 0. The van der Waals surface area contributed by atoms with Gasteiger partial charge < -0.3 is 5.73 Å². The van der Waals surface area contributed by atoms with Crippen LogP contribution in [0.5, 0.6) is 0 Å². The van der Waals surface area contributed by atoms with Crippen LogP contribution >= 0.6 is 0 Å². The smallest absolute Gasteiger partial charge is 0.294 e. The van der Waals surface area contributed by atoms with Crippen LogP contribution in [0.25, 0.3) is 0 Å². The molecule has 0 aliphatic heterocycles. The van der Waals surface area contributed by atoms with Crippen LogP contribution in [0.15, 0.2) is 30.9 Å². The van der Waals surface area contributed by atoms with Crippen LogP contribution < -0.4 is 5.73 Å². The second-order valence-electron chi connectivity index (χ2n) is 2.85. The van der Waals surface area contributed by atoms with Crippen molar-refractivity contribution in [2.24, 2.45) is 5.73 Å². The molecule has 0 unspecified atom stereocenters. The lowest BCUT2D eigenvalue weighted by molar-refractivity contribution is 0.0485.